The summed E-state index contributed by atoms with van der Waals surface area (Å²) in [6.07, 6.45) is 3.32. The van der Waals surface area contributed by atoms with Crippen LogP contribution in [0.1, 0.15) is 40.0 Å². The largest absolute Gasteiger partial charge is 0.380 e. The van der Waals surface area contributed by atoms with Gasteiger partial charge in [0.25, 0.3) is 0 Å². The number of amides is 1. The highest BCUT2D eigenvalue weighted by Gasteiger charge is 2.29. The normalized spacial score (nSPS) is 27.8. The molecule has 0 spiro atoms. The molecule has 0 N–H and O–H groups in total. The molecule has 3 nitrogen and oxygen atoms in total. The molecule has 4 heteroatoms. The second-order valence-corrected chi connectivity index (χ2v) is 4.91. The van der Waals surface area contributed by atoms with Gasteiger partial charge in [0.15, 0.2) is 0 Å². The summed E-state index contributed by atoms with van der Waals surface area (Å²) in [5.41, 5.74) is 0. The van der Waals surface area contributed by atoms with Gasteiger partial charge in [-0.2, -0.15) is 0 Å². The number of ether oxygens (including phenoxy) is 1. The molecule has 0 saturated carbocycles. The van der Waals surface area contributed by atoms with E-state index in [1.807, 2.05) is 11.8 Å². The molecule has 92 valence electrons. The van der Waals surface area contributed by atoms with Gasteiger partial charge >= 0.3 is 0 Å². The maximum absolute atomic E-state index is 12.1. The summed E-state index contributed by atoms with van der Waals surface area (Å²) in [5, 5.41) is 0. The van der Waals surface area contributed by atoms with E-state index in [0.717, 1.165) is 32.4 Å². The maximum Gasteiger partial charge on any atom is 0.225 e. The molecule has 0 aliphatic carbocycles. The highest BCUT2D eigenvalue weighted by molar-refractivity contribution is 6.11. The first-order chi connectivity index (χ1) is 7.58. The van der Waals surface area contributed by atoms with Crippen LogP contribution < -0.4 is 0 Å². The zero-order valence-corrected chi connectivity index (χ0v) is 11.0. The van der Waals surface area contributed by atoms with Crippen LogP contribution in [0.25, 0.3) is 0 Å². The first-order valence-electron chi connectivity index (χ1n) is 6.52. The molecule has 1 rings (SSSR count). The van der Waals surface area contributed by atoms with Gasteiger partial charge in [0.1, 0.15) is 7.85 Å². The predicted octanol–water partition coefficient (Wildman–Crippen LogP) is 1.02. The fourth-order valence-corrected chi connectivity index (χ4v) is 2.19. The summed E-state index contributed by atoms with van der Waals surface area (Å²) in [5.74, 6) is 0.436. The fraction of sp³-hybridized carbons (Fsp3) is 0.917. The zero-order chi connectivity index (χ0) is 12.1. The lowest BCUT2D eigenvalue weighted by atomic mass is 9.95. The summed E-state index contributed by atoms with van der Waals surface area (Å²) < 4.78 is 5.83. The molecule has 0 aromatic rings. The second kappa shape index (κ2) is 6.28. The number of morpholine rings is 1. The molecule has 3 unspecified atom stereocenters. The van der Waals surface area contributed by atoms with E-state index in [-0.39, 0.29) is 18.0 Å². The van der Waals surface area contributed by atoms with Crippen LogP contribution in [0.2, 0.25) is 0 Å². The average molecular weight is 225 g/mol. The molecule has 1 amide bonds. The van der Waals surface area contributed by atoms with Gasteiger partial charge in [-0.1, -0.05) is 27.2 Å². The summed E-state index contributed by atoms with van der Waals surface area (Å²) in [6.45, 7) is 7.77. The summed E-state index contributed by atoms with van der Waals surface area (Å²) in [6, 6.07) is 0.179. The van der Waals surface area contributed by atoms with Crippen LogP contribution in [0.4, 0.5) is 0 Å². The van der Waals surface area contributed by atoms with Crippen LogP contribution in [0, 0.1) is 5.92 Å². The highest BCUT2D eigenvalue weighted by Crippen LogP contribution is 2.17. The second-order valence-electron chi connectivity index (χ2n) is 4.91. The molecule has 0 aromatic carbocycles. The summed E-state index contributed by atoms with van der Waals surface area (Å²) in [7, 11) is 2.05. The molecular formula is C12H24BNO2. The maximum atomic E-state index is 12.1. The molecule has 16 heavy (non-hydrogen) atoms. The third-order valence-corrected chi connectivity index (χ3v) is 3.28. The average Bonchev–Trinajstić information content (AvgIpc) is 2.26. The van der Waals surface area contributed by atoms with Crippen LogP contribution in [-0.4, -0.2) is 43.9 Å². The Morgan fingerprint density at radius 2 is 2.19 bits per heavy atom. The molecule has 1 heterocycles. The van der Waals surface area contributed by atoms with E-state index < -0.39 is 0 Å². The molecular weight excluding hydrogens is 201 g/mol. The molecule has 1 aliphatic rings. The van der Waals surface area contributed by atoms with E-state index >= 15 is 0 Å². The molecule has 1 fully saturated rings. The number of rotatable bonds is 4. The first kappa shape index (κ1) is 13.6. The minimum absolute atomic E-state index is 0.146. The van der Waals surface area contributed by atoms with Gasteiger partial charge in [-0.05, 0) is 12.8 Å². The molecule has 0 radical (unpaired) electrons. The zero-order valence-electron chi connectivity index (χ0n) is 11.0. The smallest absolute Gasteiger partial charge is 0.225 e. The molecule has 1 saturated heterocycles. The Balaban J connectivity index is 2.56. The van der Waals surface area contributed by atoms with Crippen LogP contribution in [0.5, 0.6) is 0 Å². The molecule has 1 aliphatic heterocycles. The lowest BCUT2D eigenvalue weighted by molar-refractivity contribution is -0.145. The lowest BCUT2D eigenvalue weighted by Gasteiger charge is -2.38. The Morgan fingerprint density at radius 3 is 2.75 bits per heavy atom. The van der Waals surface area contributed by atoms with E-state index in [4.69, 9.17) is 4.74 Å². The monoisotopic (exact) mass is 225 g/mol. The fourth-order valence-electron chi connectivity index (χ4n) is 2.19. The summed E-state index contributed by atoms with van der Waals surface area (Å²) >= 11 is 0. The van der Waals surface area contributed by atoms with E-state index in [0.29, 0.717) is 5.91 Å². The van der Waals surface area contributed by atoms with Crippen molar-refractivity contribution in [2.45, 2.75) is 52.1 Å². The quantitative estimate of drug-likeness (QED) is 0.668. The van der Waals surface area contributed by atoms with Crippen molar-refractivity contribution < 1.29 is 9.53 Å². The van der Waals surface area contributed by atoms with Crippen molar-refractivity contribution in [2.75, 3.05) is 13.1 Å². The van der Waals surface area contributed by atoms with Gasteiger partial charge in [0.2, 0.25) is 5.91 Å². The minimum atomic E-state index is 0.146. The van der Waals surface area contributed by atoms with Gasteiger partial charge in [-0.3, -0.25) is 4.79 Å². The van der Waals surface area contributed by atoms with Crippen molar-refractivity contribution in [3.05, 3.63) is 0 Å². The highest BCUT2D eigenvalue weighted by atomic mass is 16.5. The number of hydrogen-bond acceptors (Lipinski definition) is 2. The number of nitrogens with zero attached hydrogens (tertiary/aromatic N) is 1. The molecule has 0 aromatic heterocycles. The van der Waals surface area contributed by atoms with Crippen molar-refractivity contribution >= 4 is 13.8 Å². The van der Waals surface area contributed by atoms with Crippen molar-refractivity contribution in [3.63, 3.8) is 0 Å². The number of carbonyl (C=O) groups is 1. The van der Waals surface area contributed by atoms with Crippen LogP contribution >= 0.6 is 0 Å². The Bertz CT molecular complexity index is 235. The lowest BCUT2D eigenvalue weighted by Crippen LogP contribution is -2.51. The van der Waals surface area contributed by atoms with Gasteiger partial charge in [0, 0.05) is 25.0 Å². The van der Waals surface area contributed by atoms with Crippen LogP contribution in [0.3, 0.4) is 0 Å². The molecule has 3 atom stereocenters. The standard InChI is InChI=1S/C12H24BNO2/c1-4-6-10-7-14(8-11(13)16-10)12(15)9(3)5-2/h9-11H,4-8,13H2,1-3H3. The SMILES string of the molecule is BC1CN(C(=O)C(C)CC)CC(CCC)O1. The Morgan fingerprint density at radius 1 is 1.50 bits per heavy atom. The van der Waals surface area contributed by atoms with Gasteiger partial charge in [-0.25, -0.2) is 0 Å². The van der Waals surface area contributed by atoms with E-state index in [1.54, 1.807) is 0 Å². The third kappa shape index (κ3) is 3.51. The minimum Gasteiger partial charge on any atom is -0.380 e. The Hall–Kier alpha value is -0.505. The van der Waals surface area contributed by atoms with E-state index in [2.05, 4.69) is 21.7 Å². The Labute approximate surface area is 99.9 Å². The van der Waals surface area contributed by atoms with Gasteiger partial charge < -0.3 is 9.64 Å². The third-order valence-electron chi connectivity index (χ3n) is 3.28. The van der Waals surface area contributed by atoms with Crippen LogP contribution in [-0.2, 0) is 9.53 Å². The van der Waals surface area contributed by atoms with Crippen molar-refractivity contribution in [3.8, 4) is 0 Å². The van der Waals surface area contributed by atoms with E-state index in [1.165, 1.54) is 0 Å². The number of hydrogen-bond donors (Lipinski definition) is 0. The van der Waals surface area contributed by atoms with Crippen molar-refractivity contribution in [2.24, 2.45) is 5.92 Å². The van der Waals surface area contributed by atoms with Crippen LogP contribution in [0.15, 0.2) is 0 Å². The van der Waals surface area contributed by atoms with Crippen molar-refractivity contribution in [1.82, 2.24) is 4.90 Å². The van der Waals surface area contributed by atoms with Gasteiger partial charge in [-0.15, -0.1) is 0 Å². The van der Waals surface area contributed by atoms with Gasteiger partial charge in [0.05, 0.1) is 6.10 Å². The number of carbonyl (C=O) groups excluding carboxylic acids is 1. The Kier molecular flexibility index (Phi) is 5.33. The van der Waals surface area contributed by atoms with Crippen molar-refractivity contribution in [1.29, 1.82) is 0 Å². The molecule has 0 bridgehead atoms. The topological polar surface area (TPSA) is 29.5 Å². The predicted molar refractivity (Wildman–Crippen MR) is 68.1 cm³/mol. The first-order valence-corrected chi connectivity index (χ1v) is 6.52. The summed E-state index contributed by atoms with van der Waals surface area (Å²) in [4.78, 5) is 14.1. The van der Waals surface area contributed by atoms with E-state index in [9.17, 15) is 4.79 Å².